The van der Waals surface area contributed by atoms with Gasteiger partial charge in [-0.2, -0.15) is 0 Å². The zero-order chi connectivity index (χ0) is 17.9. The number of hydrogen-bond donors (Lipinski definition) is 2. The number of aliphatic hydroxyl groups is 1. The molecule has 0 saturated carbocycles. The Labute approximate surface area is 151 Å². The lowest BCUT2D eigenvalue weighted by molar-refractivity contribution is 0.105. The predicted molar refractivity (Wildman–Crippen MR) is 103 cm³/mol. The second-order valence-electron chi connectivity index (χ2n) is 7.75. The number of aliphatic hydroxyl groups excluding tert-OH is 1. The van der Waals surface area contributed by atoms with E-state index in [0.29, 0.717) is 11.7 Å². The van der Waals surface area contributed by atoms with E-state index < -0.39 is 6.10 Å². The lowest BCUT2D eigenvalue weighted by Gasteiger charge is -2.46. The van der Waals surface area contributed by atoms with Crippen LogP contribution in [0.25, 0.3) is 0 Å². The van der Waals surface area contributed by atoms with Gasteiger partial charge in [0.05, 0.1) is 25.7 Å². The van der Waals surface area contributed by atoms with Crippen molar-refractivity contribution >= 4 is 5.69 Å². The molecule has 0 aromatic heterocycles. The molecular weight excluding hydrogens is 310 g/mol. The van der Waals surface area contributed by atoms with Gasteiger partial charge in [-0.3, -0.25) is 4.48 Å². The minimum Gasteiger partial charge on any atom is -0.508 e. The summed E-state index contributed by atoms with van der Waals surface area (Å²) in [5.74, 6) is 1.68. The molecule has 1 heterocycles. The summed E-state index contributed by atoms with van der Waals surface area (Å²) >= 11 is 0. The zero-order valence-corrected chi connectivity index (χ0v) is 15.3. The molecule has 0 amide bonds. The fraction of sp³-hybridized carbons (Fsp3) is 0.455. The molecule has 0 radical (unpaired) electrons. The van der Waals surface area contributed by atoms with Gasteiger partial charge in [0.1, 0.15) is 11.4 Å². The maximum absolute atomic E-state index is 10.6. The van der Waals surface area contributed by atoms with E-state index in [1.54, 1.807) is 6.07 Å². The standard InChI is InChI=1S/C22H29NO2/c1-17-11-13-23(16-18(17)2,20-9-6-10-21(24)15-20)14-12-22(25)19-7-4-3-5-8-19/h3-10,15,17-18,22,25H,11-14,16H2,1-2H3/p+1/t17?,18-,22-,23-/m0/s1. The largest absolute Gasteiger partial charge is 0.508 e. The highest BCUT2D eigenvalue weighted by molar-refractivity contribution is 5.48. The molecule has 4 atom stereocenters. The molecule has 1 saturated heterocycles. The Kier molecular flexibility index (Phi) is 5.45. The third-order valence-corrected chi connectivity index (χ3v) is 6.01. The molecule has 1 aliphatic rings. The van der Waals surface area contributed by atoms with Gasteiger partial charge in [0.25, 0.3) is 0 Å². The fourth-order valence-electron chi connectivity index (χ4n) is 4.12. The maximum Gasteiger partial charge on any atom is 0.136 e. The summed E-state index contributed by atoms with van der Waals surface area (Å²) in [7, 11) is 0. The first kappa shape index (κ1) is 18.0. The first-order valence-electron chi connectivity index (χ1n) is 9.39. The van der Waals surface area contributed by atoms with Gasteiger partial charge in [0.2, 0.25) is 0 Å². The number of nitrogens with zero attached hydrogens (tertiary/aromatic N) is 1. The Balaban J connectivity index is 1.82. The average Bonchev–Trinajstić information content (AvgIpc) is 2.63. The molecule has 0 bridgehead atoms. The van der Waals surface area contributed by atoms with Gasteiger partial charge in [0.15, 0.2) is 0 Å². The van der Waals surface area contributed by atoms with Gasteiger partial charge in [-0.15, -0.1) is 0 Å². The normalized spacial score (nSPS) is 27.8. The van der Waals surface area contributed by atoms with Crippen molar-refractivity contribution in [2.75, 3.05) is 19.6 Å². The summed E-state index contributed by atoms with van der Waals surface area (Å²) in [4.78, 5) is 0. The van der Waals surface area contributed by atoms with Crippen LogP contribution < -0.4 is 4.48 Å². The van der Waals surface area contributed by atoms with Gasteiger partial charge in [0, 0.05) is 24.8 Å². The molecular formula is C22H30NO2+. The van der Waals surface area contributed by atoms with Crippen molar-refractivity contribution in [2.45, 2.75) is 32.8 Å². The number of likely N-dealkylation sites (tertiary alicyclic amines) is 1. The van der Waals surface area contributed by atoms with Crippen molar-refractivity contribution in [3.05, 3.63) is 60.2 Å². The fourth-order valence-corrected chi connectivity index (χ4v) is 4.12. The summed E-state index contributed by atoms with van der Waals surface area (Å²) < 4.78 is 0.851. The average molecular weight is 340 g/mol. The smallest absolute Gasteiger partial charge is 0.136 e. The number of hydrogen-bond acceptors (Lipinski definition) is 2. The number of benzene rings is 2. The van der Waals surface area contributed by atoms with E-state index in [4.69, 9.17) is 0 Å². The van der Waals surface area contributed by atoms with Crippen LogP contribution in [0.15, 0.2) is 54.6 Å². The molecule has 1 unspecified atom stereocenters. The molecule has 25 heavy (non-hydrogen) atoms. The summed E-state index contributed by atoms with van der Waals surface area (Å²) in [5, 5.41) is 20.6. The molecule has 2 aromatic carbocycles. The molecule has 1 fully saturated rings. The molecule has 1 aliphatic heterocycles. The van der Waals surface area contributed by atoms with E-state index in [2.05, 4.69) is 19.9 Å². The number of phenolic OH excluding ortho intramolecular Hbond substituents is 1. The Morgan fingerprint density at radius 1 is 1.04 bits per heavy atom. The quantitative estimate of drug-likeness (QED) is 0.787. The van der Waals surface area contributed by atoms with Crippen LogP contribution >= 0.6 is 0 Å². The maximum atomic E-state index is 10.6. The minimum atomic E-state index is -0.442. The number of rotatable bonds is 5. The van der Waals surface area contributed by atoms with Gasteiger partial charge in [-0.05, 0) is 23.6 Å². The molecule has 0 aliphatic carbocycles. The van der Waals surface area contributed by atoms with E-state index in [-0.39, 0.29) is 0 Å². The molecule has 134 valence electrons. The second kappa shape index (κ2) is 7.59. The van der Waals surface area contributed by atoms with Crippen LogP contribution in [0.1, 0.15) is 38.4 Å². The highest BCUT2D eigenvalue weighted by Gasteiger charge is 2.39. The number of piperidine rings is 1. The van der Waals surface area contributed by atoms with Crippen LogP contribution in [0.3, 0.4) is 0 Å². The topological polar surface area (TPSA) is 40.5 Å². The van der Waals surface area contributed by atoms with Gasteiger partial charge >= 0.3 is 0 Å². The molecule has 0 spiro atoms. The van der Waals surface area contributed by atoms with Crippen molar-refractivity contribution in [3.63, 3.8) is 0 Å². The van der Waals surface area contributed by atoms with E-state index >= 15 is 0 Å². The van der Waals surface area contributed by atoms with Gasteiger partial charge < -0.3 is 10.2 Å². The Morgan fingerprint density at radius 3 is 2.48 bits per heavy atom. The summed E-state index contributed by atoms with van der Waals surface area (Å²) in [6.45, 7) is 7.67. The predicted octanol–water partition coefficient (Wildman–Crippen LogP) is 4.50. The van der Waals surface area contributed by atoms with Crippen molar-refractivity contribution in [1.82, 2.24) is 4.48 Å². The Morgan fingerprint density at radius 2 is 1.80 bits per heavy atom. The van der Waals surface area contributed by atoms with Crippen molar-refractivity contribution in [3.8, 4) is 5.75 Å². The minimum absolute atomic E-state index is 0.324. The van der Waals surface area contributed by atoms with Crippen LogP contribution in [0.2, 0.25) is 0 Å². The van der Waals surface area contributed by atoms with Crippen LogP contribution in [-0.2, 0) is 0 Å². The first-order chi connectivity index (χ1) is 12.0. The second-order valence-corrected chi connectivity index (χ2v) is 7.75. The van der Waals surface area contributed by atoms with Crippen LogP contribution in [0, 0.1) is 11.8 Å². The summed E-state index contributed by atoms with van der Waals surface area (Å²) in [6, 6.07) is 17.6. The number of aromatic hydroxyl groups is 1. The Bertz CT molecular complexity index is 687. The van der Waals surface area contributed by atoms with Crippen LogP contribution in [0.5, 0.6) is 5.75 Å². The van der Waals surface area contributed by atoms with E-state index in [9.17, 15) is 10.2 Å². The molecule has 3 nitrogen and oxygen atoms in total. The van der Waals surface area contributed by atoms with E-state index in [1.165, 1.54) is 12.1 Å². The zero-order valence-electron chi connectivity index (χ0n) is 15.3. The summed E-state index contributed by atoms with van der Waals surface area (Å²) in [6.07, 6.45) is 1.46. The number of quaternary nitrogens is 1. The van der Waals surface area contributed by atoms with Crippen LogP contribution in [0.4, 0.5) is 5.69 Å². The van der Waals surface area contributed by atoms with Crippen LogP contribution in [-0.4, -0.2) is 29.8 Å². The summed E-state index contributed by atoms with van der Waals surface area (Å²) in [5.41, 5.74) is 2.15. The lowest BCUT2D eigenvalue weighted by atomic mass is 9.86. The lowest BCUT2D eigenvalue weighted by Crippen LogP contribution is -2.57. The Hall–Kier alpha value is -1.84. The third kappa shape index (κ3) is 4.05. The third-order valence-electron chi connectivity index (χ3n) is 6.01. The number of phenols is 1. The first-order valence-corrected chi connectivity index (χ1v) is 9.39. The molecule has 2 N–H and O–H groups in total. The van der Waals surface area contributed by atoms with E-state index in [1.807, 2.05) is 42.5 Å². The van der Waals surface area contributed by atoms with Crippen molar-refractivity contribution < 1.29 is 10.2 Å². The highest BCUT2D eigenvalue weighted by atomic mass is 16.3. The van der Waals surface area contributed by atoms with Gasteiger partial charge in [-0.25, -0.2) is 0 Å². The monoisotopic (exact) mass is 340 g/mol. The van der Waals surface area contributed by atoms with Gasteiger partial charge in [-0.1, -0.05) is 50.2 Å². The molecule has 2 aromatic rings. The van der Waals surface area contributed by atoms with Crippen molar-refractivity contribution in [2.24, 2.45) is 11.8 Å². The molecule has 3 rings (SSSR count). The van der Waals surface area contributed by atoms with E-state index in [0.717, 1.165) is 42.0 Å². The SMILES string of the molecule is CC1CC[N@@+](CC[C@H](O)c2ccccc2)(c2cccc(O)c2)C[C@@H]1C. The van der Waals surface area contributed by atoms with Crippen molar-refractivity contribution in [1.29, 1.82) is 0 Å². The molecule has 3 heteroatoms. The highest BCUT2D eigenvalue weighted by Crippen LogP contribution is 2.36.